The number of hydrogen-bond donors (Lipinski definition) is 1. The third kappa shape index (κ3) is 2.39. The number of hydrogen-bond acceptors (Lipinski definition) is 2. The van der Waals surface area contributed by atoms with E-state index in [4.69, 9.17) is 4.98 Å². The smallest absolute Gasteiger partial charge is 0.109 e. The predicted octanol–water partition coefficient (Wildman–Crippen LogP) is 2.14. The van der Waals surface area contributed by atoms with E-state index in [1.807, 2.05) is 0 Å². The summed E-state index contributed by atoms with van der Waals surface area (Å²) in [6, 6.07) is 0. The lowest BCUT2D eigenvalue weighted by Gasteiger charge is -2.16. The van der Waals surface area contributed by atoms with Crippen molar-refractivity contribution in [3.05, 3.63) is 17.2 Å². The first-order chi connectivity index (χ1) is 8.24. The van der Waals surface area contributed by atoms with Crippen LogP contribution in [0, 0.1) is 11.8 Å². The van der Waals surface area contributed by atoms with E-state index in [1.165, 1.54) is 36.6 Å². The van der Waals surface area contributed by atoms with Crippen LogP contribution in [-0.4, -0.2) is 16.1 Å². The first kappa shape index (κ1) is 11.3. The maximum atomic E-state index is 4.87. The molecule has 2 heterocycles. The molecule has 1 aliphatic heterocycles. The minimum Gasteiger partial charge on any atom is -0.331 e. The number of nitrogens with one attached hydrogen (secondary N) is 1. The average molecular weight is 233 g/mol. The van der Waals surface area contributed by atoms with Crippen molar-refractivity contribution in [2.45, 2.75) is 52.6 Å². The second kappa shape index (κ2) is 4.45. The van der Waals surface area contributed by atoms with Crippen molar-refractivity contribution >= 4 is 0 Å². The highest BCUT2D eigenvalue weighted by Gasteiger charge is 2.26. The van der Waals surface area contributed by atoms with Gasteiger partial charge in [-0.2, -0.15) is 0 Å². The molecule has 1 fully saturated rings. The largest absolute Gasteiger partial charge is 0.331 e. The second-order valence-corrected chi connectivity index (χ2v) is 6.00. The molecule has 1 aromatic heterocycles. The molecule has 1 N–H and O–H groups in total. The highest BCUT2D eigenvalue weighted by molar-refractivity contribution is 5.21. The number of imidazole rings is 1. The Kier molecular flexibility index (Phi) is 2.95. The topological polar surface area (TPSA) is 29.9 Å². The molecule has 0 bridgehead atoms. The van der Waals surface area contributed by atoms with Gasteiger partial charge in [0.25, 0.3) is 0 Å². The molecule has 3 nitrogen and oxygen atoms in total. The van der Waals surface area contributed by atoms with Gasteiger partial charge in [-0.15, -0.1) is 0 Å². The van der Waals surface area contributed by atoms with E-state index >= 15 is 0 Å². The highest BCUT2D eigenvalue weighted by Crippen LogP contribution is 2.32. The third-order valence-electron chi connectivity index (χ3n) is 3.79. The van der Waals surface area contributed by atoms with E-state index in [-0.39, 0.29) is 0 Å². The molecule has 0 spiro atoms. The second-order valence-electron chi connectivity index (χ2n) is 6.00. The van der Waals surface area contributed by atoms with Crippen LogP contribution in [0.2, 0.25) is 0 Å². The molecule has 3 heteroatoms. The lowest BCUT2D eigenvalue weighted by atomic mass is 10.1. The van der Waals surface area contributed by atoms with E-state index in [2.05, 4.69) is 23.7 Å². The zero-order chi connectivity index (χ0) is 11.8. The minimum absolute atomic E-state index is 0.699. The Bertz CT molecular complexity index is 402. The summed E-state index contributed by atoms with van der Waals surface area (Å²) in [5.74, 6) is 2.97. The van der Waals surface area contributed by atoms with Crippen LogP contribution in [-0.2, 0) is 25.9 Å². The van der Waals surface area contributed by atoms with E-state index in [0.717, 1.165) is 31.8 Å². The molecule has 1 aromatic rings. The van der Waals surface area contributed by atoms with Crippen LogP contribution in [0.4, 0.5) is 0 Å². The molecule has 0 amide bonds. The number of nitrogens with zero attached hydrogens (tertiary/aromatic N) is 2. The summed E-state index contributed by atoms with van der Waals surface area (Å²) in [6.07, 6.45) is 5.13. The van der Waals surface area contributed by atoms with Gasteiger partial charge < -0.3 is 9.88 Å². The summed E-state index contributed by atoms with van der Waals surface area (Å²) in [5, 5.41) is 3.43. The molecule has 0 aromatic carbocycles. The van der Waals surface area contributed by atoms with Crippen molar-refractivity contribution in [1.29, 1.82) is 0 Å². The Morgan fingerprint density at radius 1 is 1.41 bits per heavy atom. The highest BCUT2D eigenvalue weighted by atomic mass is 15.1. The van der Waals surface area contributed by atoms with E-state index < -0.39 is 0 Å². The zero-order valence-electron chi connectivity index (χ0n) is 11.0. The van der Waals surface area contributed by atoms with Gasteiger partial charge in [-0.05, 0) is 24.7 Å². The third-order valence-corrected chi connectivity index (χ3v) is 3.79. The van der Waals surface area contributed by atoms with Gasteiger partial charge >= 0.3 is 0 Å². The lowest BCUT2D eigenvalue weighted by molar-refractivity contribution is 0.525. The first-order valence-corrected chi connectivity index (χ1v) is 7.02. The monoisotopic (exact) mass is 233 g/mol. The molecule has 1 saturated carbocycles. The van der Waals surface area contributed by atoms with Gasteiger partial charge in [0.2, 0.25) is 0 Å². The predicted molar refractivity (Wildman–Crippen MR) is 68.9 cm³/mol. The van der Waals surface area contributed by atoms with Crippen molar-refractivity contribution in [3.8, 4) is 0 Å². The molecule has 0 radical (unpaired) electrons. The van der Waals surface area contributed by atoms with Crippen molar-refractivity contribution in [3.63, 3.8) is 0 Å². The molecule has 0 atom stereocenters. The van der Waals surface area contributed by atoms with Gasteiger partial charge in [0.1, 0.15) is 5.82 Å². The van der Waals surface area contributed by atoms with Crippen LogP contribution in [0.15, 0.2) is 0 Å². The molecule has 1 aliphatic carbocycles. The lowest BCUT2D eigenvalue weighted by Crippen LogP contribution is -2.25. The van der Waals surface area contributed by atoms with Crippen molar-refractivity contribution in [2.75, 3.05) is 6.54 Å². The maximum Gasteiger partial charge on any atom is 0.109 e. The van der Waals surface area contributed by atoms with Gasteiger partial charge in [-0.3, -0.25) is 0 Å². The van der Waals surface area contributed by atoms with Gasteiger partial charge in [0.15, 0.2) is 0 Å². The van der Waals surface area contributed by atoms with E-state index in [9.17, 15) is 0 Å². The van der Waals surface area contributed by atoms with E-state index in [1.54, 1.807) is 0 Å². The molecular weight excluding hydrogens is 210 g/mol. The molecule has 2 aliphatic rings. The SMILES string of the molecule is CC(C)Cc1nc2c(n1CC1CC1)CCNC2. The van der Waals surface area contributed by atoms with Crippen LogP contribution in [0.1, 0.15) is 43.9 Å². The molecule has 0 saturated heterocycles. The summed E-state index contributed by atoms with van der Waals surface area (Å²) in [7, 11) is 0. The Morgan fingerprint density at radius 3 is 2.94 bits per heavy atom. The van der Waals surface area contributed by atoms with Gasteiger partial charge in [-0.25, -0.2) is 4.98 Å². The quantitative estimate of drug-likeness (QED) is 0.863. The van der Waals surface area contributed by atoms with Gasteiger partial charge in [-0.1, -0.05) is 13.8 Å². The zero-order valence-corrected chi connectivity index (χ0v) is 11.0. The Labute approximate surface area is 104 Å². The first-order valence-electron chi connectivity index (χ1n) is 7.02. The summed E-state index contributed by atoms with van der Waals surface area (Å²) >= 11 is 0. The summed E-state index contributed by atoms with van der Waals surface area (Å²) in [5.41, 5.74) is 2.83. The molecule has 0 unspecified atom stereocenters. The normalized spacial score (nSPS) is 19.7. The summed E-state index contributed by atoms with van der Waals surface area (Å²) in [6.45, 7) is 7.88. The molecule has 17 heavy (non-hydrogen) atoms. The molecule has 94 valence electrons. The minimum atomic E-state index is 0.699. The number of aromatic nitrogens is 2. The van der Waals surface area contributed by atoms with Crippen molar-refractivity contribution in [2.24, 2.45) is 11.8 Å². The van der Waals surface area contributed by atoms with Gasteiger partial charge in [0.05, 0.1) is 5.69 Å². The Morgan fingerprint density at radius 2 is 2.24 bits per heavy atom. The summed E-state index contributed by atoms with van der Waals surface area (Å²) in [4.78, 5) is 4.87. The number of rotatable bonds is 4. The maximum absolute atomic E-state index is 4.87. The summed E-state index contributed by atoms with van der Waals surface area (Å²) < 4.78 is 2.55. The Hall–Kier alpha value is -0.830. The van der Waals surface area contributed by atoms with Crippen LogP contribution in [0.25, 0.3) is 0 Å². The van der Waals surface area contributed by atoms with Crippen LogP contribution >= 0.6 is 0 Å². The van der Waals surface area contributed by atoms with Crippen molar-refractivity contribution < 1.29 is 0 Å². The fourth-order valence-corrected chi connectivity index (χ4v) is 2.72. The standard InChI is InChI=1S/C14H23N3/c1-10(2)7-14-16-12-8-15-6-5-13(12)17(14)9-11-3-4-11/h10-11,15H,3-9H2,1-2H3. The van der Waals surface area contributed by atoms with Gasteiger partial charge in [0, 0.05) is 38.2 Å². The molecule has 3 rings (SSSR count). The molecular formula is C14H23N3. The van der Waals surface area contributed by atoms with Crippen molar-refractivity contribution in [1.82, 2.24) is 14.9 Å². The van der Waals surface area contributed by atoms with Crippen LogP contribution < -0.4 is 5.32 Å². The Balaban J connectivity index is 1.91. The number of fused-ring (bicyclic) bond motifs is 1. The fraction of sp³-hybridized carbons (Fsp3) is 0.786. The van der Waals surface area contributed by atoms with Crippen LogP contribution in [0.5, 0.6) is 0 Å². The van der Waals surface area contributed by atoms with Crippen LogP contribution in [0.3, 0.4) is 0 Å². The van der Waals surface area contributed by atoms with E-state index in [0.29, 0.717) is 5.92 Å². The average Bonchev–Trinajstić information content (AvgIpc) is 3.03. The fourth-order valence-electron chi connectivity index (χ4n) is 2.72.